The molecule has 0 aliphatic carbocycles. The molecule has 0 bridgehead atoms. The Kier molecular flexibility index (Phi) is 3.63. The number of hydrogen-bond acceptors (Lipinski definition) is 5. The Labute approximate surface area is 187 Å². The van der Waals surface area contributed by atoms with Gasteiger partial charge in [-0.1, -0.05) is 54.6 Å². The largest absolute Gasteiger partial charge is 0.338 e. The third kappa shape index (κ3) is 2.72. The van der Waals surface area contributed by atoms with Crippen LogP contribution in [0, 0.1) is 0 Å². The third-order valence-electron chi connectivity index (χ3n) is 6.08. The number of nitrogens with zero attached hydrogens (tertiary/aromatic N) is 5. The van der Waals surface area contributed by atoms with Crippen molar-refractivity contribution >= 4 is 22.1 Å². The van der Waals surface area contributed by atoms with Crippen LogP contribution in [0.5, 0.6) is 0 Å². The summed E-state index contributed by atoms with van der Waals surface area (Å²) >= 11 is 0. The first kappa shape index (κ1) is 18.0. The second kappa shape index (κ2) is 6.67. The molecule has 0 radical (unpaired) electrons. The van der Waals surface area contributed by atoms with E-state index in [0.717, 1.165) is 49.5 Å². The molecule has 0 unspecified atom stereocenters. The second-order valence-corrected chi connectivity index (χ2v) is 8.09. The maximum absolute atomic E-state index is 5.07. The molecule has 7 heteroatoms. The van der Waals surface area contributed by atoms with Gasteiger partial charge in [0.25, 0.3) is 0 Å². The maximum atomic E-state index is 5.07. The number of fused-ring (bicyclic) bond motifs is 3. The first-order chi connectivity index (χ1) is 16.3. The number of rotatable bonds is 3. The molecule has 0 fully saturated rings. The van der Waals surface area contributed by atoms with Crippen molar-refractivity contribution in [2.45, 2.75) is 5.66 Å². The summed E-state index contributed by atoms with van der Waals surface area (Å²) in [5.41, 5.74) is 5.49. The number of imidazole rings is 1. The standard InChI is InChI=1S/C26H17N7/c1-2-6-16(7-3-1)17-10-12-19-23(14-17)28-25(27-19)26(29-20-8-4-5-9-21(20)30-26)18-11-13-22-24(15-18)32-33-31-22/h1-15H,(H,27,28)(H,31,32,33). The lowest BCUT2D eigenvalue weighted by atomic mass is 9.99. The quantitative estimate of drug-likeness (QED) is 0.451. The molecule has 3 heterocycles. The molecule has 33 heavy (non-hydrogen) atoms. The summed E-state index contributed by atoms with van der Waals surface area (Å²) in [6.07, 6.45) is 0. The predicted molar refractivity (Wildman–Crippen MR) is 125 cm³/mol. The minimum absolute atomic E-state index is 0.668. The Balaban J connectivity index is 1.46. The molecule has 2 aromatic heterocycles. The van der Waals surface area contributed by atoms with Crippen LogP contribution in [0.4, 0.5) is 0 Å². The topological polar surface area (TPSA) is 95.0 Å². The van der Waals surface area contributed by atoms with Gasteiger partial charge in [0.1, 0.15) is 11.0 Å². The summed E-state index contributed by atoms with van der Waals surface area (Å²) in [6.45, 7) is 0. The molecule has 1 aliphatic heterocycles. The van der Waals surface area contributed by atoms with Crippen molar-refractivity contribution < 1.29 is 0 Å². The Morgan fingerprint density at radius 2 is 1.33 bits per heavy atom. The fourth-order valence-corrected chi connectivity index (χ4v) is 4.44. The molecule has 0 saturated carbocycles. The van der Waals surface area contributed by atoms with Crippen LogP contribution in [-0.4, -0.2) is 25.4 Å². The summed E-state index contributed by atoms with van der Waals surface area (Å²) in [7, 11) is 0. The van der Waals surface area contributed by atoms with Crippen molar-refractivity contribution in [1.29, 1.82) is 0 Å². The van der Waals surface area contributed by atoms with E-state index in [2.05, 4.69) is 44.7 Å². The van der Waals surface area contributed by atoms with E-state index in [4.69, 9.17) is 15.0 Å². The fourth-order valence-electron chi connectivity index (χ4n) is 4.44. The monoisotopic (exact) mass is 427 g/mol. The minimum Gasteiger partial charge on any atom is -0.338 e. The highest BCUT2D eigenvalue weighted by molar-refractivity contribution is 5.82. The Hall–Kier alpha value is -4.65. The summed E-state index contributed by atoms with van der Waals surface area (Å²) in [4.78, 5) is 18.6. The number of hydrogen-bond donors (Lipinski definition) is 2. The lowest BCUT2D eigenvalue weighted by Gasteiger charge is -2.21. The Bertz CT molecular complexity index is 1750. The van der Waals surface area contributed by atoms with Gasteiger partial charge in [0.15, 0.2) is 5.82 Å². The van der Waals surface area contributed by atoms with Crippen LogP contribution in [0.1, 0.15) is 11.4 Å². The summed E-state index contributed by atoms with van der Waals surface area (Å²) < 4.78 is 0. The van der Waals surface area contributed by atoms with E-state index < -0.39 is 5.66 Å². The lowest BCUT2D eigenvalue weighted by Crippen LogP contribution is -2.24. The molecule has 0 saturated heterocycles. The van der Waals surface area contributed by atoms with Crippen LogP contribution >= 0.6 is 0 Å². The summed E-state index contributed by atoms with van der Waals surface area (Å²) in [6, 6.07) is 30.4. The second-order valence-electron chi connectivity index (χ2n) is 8.09. The molecule has 0 amide bonds. The third-order valence-corrected chi connectivity index (χ3v) is 6.08. The van der Waals surface area contributed by atoms with Crippen molar-refractivity contribution in [3.8, 4) is 11.1 Å². The molecular weight excluding hydrogens is 410 g/mol. The van der Waals surface area contributed by atoms with Gasteiger partial charge in [0, 0.05) is 5.56 Å². The van der Waals surface area contributed by atoms with Crippen molar-refractivity contribution in [2.75, 3.05) is 0 Å². The zero-order valence-corrected chi connectivity index (χ0v) is 17.4. The summed E-state index contributed by atoms with van der Waals surface area (Å²) in [5.74, 6) is 0.668. The molecule has 156 valence electrons. The molecule has 4 aromatic carbocycles. The van der Waals surface area contributed by atoms with Crippen LogP contribution < -0.4 is 10.7 Å². The predicted octanol–water partition coefficient (Wildman–Crippen LogP) is 3.66. The van der Waals surface area contributed by atoms with Crippen LogP contribution in [0.2, 0.25) is 0 Å². The summed E-state index contributed by atoms with van der Waals surface area (Å²) in [5, 5.41) is 12.8. The Morgan fingerprint density at radius 1 is 0.606 bits per heavy atom. The first-order valence-electron chi connectivity index (χ1n) is 10.7. The highest BCUT2D eigenvalue weighted by Crippen LogP contribution is 2.36. The maximum Gasteiger partial charge on any atom is 0.234 e. The molecule has 7 rings (SSSR count). The number of benzene rings is 4. The molecule has 2 N–H and O–H groups in total. The Morgan fingerprint density at radius 3 is 2.15 bits per heavy atom. The van der Waals surface area contributed by atoms with Gasteiger partial charge in [-0.05, 0) is 47.5 Å². The van der Waals surface area contributed by atoms with Gasteiger partial charge in [-0.2, -0.15) is 15.4 Å². The number of H-pyrrole nitrogens is 2. The highest BCUT2D eigenvalue weighted by atomic mass is 15.3. The van der Waals surface area contributed by atoms with E-state index in [1.54, 1.807) is 0 Å². The molecule has 1 aliphatic rings. The normalized spacial score (nSPS) is 14.2. The van der Waals surface area contributed by atoms with Gasteiger partial charge < -0.3 is 4.98 Å². The minimum atomic E-state index is -1.03. The SMILES string of the molecule is c1ccc(-c2ccc3nc(C4(c5ccc6n[nH]nc6c5)N=c5ccccc5=N4)[nH]c3c2)cc1. The number of para-hydroxylation sites is 2. The van der Waals surface area contributed by atoms with Gasteiger partial charge in [0.05, 0.1) is 21.7 Å². The average Bonchev–Trinajstić information content (AvgIpc) is 3.60. The molecule has 6 aromatic rings. The lowest BCUT2D eigenvalue weighted by molar-refractivity contribution is 0.538. The van der Waals surface area contributed by atoms with Crippen LogP contribution in [0.15, 0.2) is 101 Å². The van der Waals surface area contributed by atoms with Gasteiger partial charge >= 0.3 is 0 Å². The van der Waals surface area contributed by atoms with E-state index in [-0.39, 0.29) is 0 Å². The smallest absolute Gasteiger partial charge is 0.234 e. The van der Waals surface area contributed by atoms with Crippen molar-refractivity contribution in [2.24, 2.45) is 9.98 Å². The molecule has 7 nitrogen and oxygen atoms in total. The first-order valence-corrected chi connectivity index (χ1v) is 10.7. The van der Waals surface area contributed by atoms with Gasteiger partial charge in [0.2, 0.25) is 5.66 Å². The van der Waals surface area contributed by atoms with Crippen LogP contribution in [0.25, 0.3) is 33.2 Å². The fraction of sp³-hybridized carbons (Fsp3) is 0.0385. The molecule has 0 spiro atoms. The van der Waals surface area contributed by atoms with Crippen molar-refractivity contribution in [3.05, 3.63) is 113 Å². The number of nitrogens with one attached hydrogen (secondary N) is 2. The van der Waals surface area contributed by atoms with E-state index in [0.29, 0.717) is 5.82 Å². The van der Waals surface area contributed by atoms with E-state index in [1.807, 2.05) is 66.7 Å². The highest BCUT2D eigenvalue weighted by Gasteiger charge is 2.39. The number of aromatic nitrogens is 5. The van der Waals surface area contributed by atoms with Gasteiger partial charge in [-0.25, -0.2) is 15.0 Å². The van der Waals surface area contributed by atoms with E-state index >= 15 is 0 Å². The van der Waals surface area contributed by atoms with E-state index in [1.165, 1.54) is 0 Å². The van der Waals surface area contributed by atoms with E-state index in [9.17, 15) is 0 Å². The number of aromatic amines is 2. The van der Waals surface area contributed by atoms with Crippen LogP contribution in [0.3, 0.4) is 0 Å². The van der Waals surface area contributed by atoms with Crippen molar-refractivity contribution in [1.82, 2.24) is 25.4 Å². The van der Waals surface area contributed by atoms with Gasteiger partial charge in [-0.15, -0.1) is 0 Å². The zero-order valence-electron chi connectivity index (χ0n) is 17.4. The van der Waals surface area contributed by atoms with Crippen molar-refractivity contribution in [3.63, 3.8) is 0 Å². The molecule has 0 atom stereocenters. The average molecular weight is 427 g/mol. The van der Waals surface area contributed by atoms with Gasteiger partial charge in [-0.3, -0.25) is 0 Å². The van der Waals surface area contributed by atoms with Crippen LogP contribution in [-0.2, 0) is 5.66 Å². The molecular formula is C26H17N7. The zero-order chi connectivity index (χ0) is 21.8.